The van der Waals surface area contributed by atoms with Crippen LogP contribution in [-0.4, -0.2) is 20.7 Å². The largest absolute Gasteiger partial charge is 0.486 e. The van der Waals surface area contributed by atoms with Gasteiger partial charge in [0.2, 0.25) is 11.9 Å². The molecule has 0 fully saturated rings. The summed E-state index contributed by atoms with van der Waals surface area (Å²) in [6.07, 6.45) is 0.473. The van der Waals surface area contributed by atoms with E-state index in [9.17, 15) is 4.79 Å². The fourth-order valence-electron chi connectivity index (χ4n) is 2.48. The maximum Gasteiger partial charge on any atom is 0.232 e. The molecule has 1 aromatic heterocycles. The molecule has 0 saturated heterocycles. The van der Waals surface area contributed by atoms with E-state index in [0.717, 1.165) is 11.3 Å². The molecule has 0 radical (unpaired) electrons. The Hall–Kier alpha value is -3.48. The van der Waals surface area contributed by atoms with Gasteiger partial charge in [0, 0.05) is 17.7 Å². The number of carbonyl (C=O) groups is 1. The number of ether oxygens (including phenoxy) is 1. The lowest BCUT2D eigenvalue weighted by molar-refractivity contribution is 0.0988. The molecule has 3 N–H and O–H groups in total. The first kappa shape index (κ1) is 18.3. The zero-order valence-corrected chi connectivity index (χ0v) is 15.3. The molecule has 0 unspecified atom stereocenters. The Labute approximate surface area is 157 Å². The number of hydrogen-bond donors (Lipinski definition) is 2. The highest BCUT2D eigenvalue weighted by molar-refractivity contribution is 5.95. The minimum atomic E-state index is 0.0960. The first-order valence-electron chi connectivity index (χ1n) is 8.64. The third-order valence-electron chi connectivity index (χ3n) is 3.96. The van der Waals surface area contributed by atoms with Crippen LogP contribution < -0.4 is 15.8 Å². The molecule has 0 amide bonds. The lowest BCUT2D eigenvalue weighted by Crippen LogP contribution is -2.09. The maximum absolute atomic E-state index is 11.7. The molecule has 0 aliphatic carbocycles. The van der Waals surface area contributed by atoms with Gasteiger partial charge in [-0.25, -0.2) is 0 Å². The SMILES string of the molecule is CCC(=O)c1ccc(OCc2nc(N)nc(Nc3ccccc3C)n2)cc1. The van der Waals surface area contributed by atoms with Crippen molar-refractivity contribution in [1.82, 2.24) is 15.0 Å². The maximum atomic E-state index is 11.7. The fraction of sp³-hybridized carbons (Fsp3) is 0.200. The summed E-state index contributed by atoms with van der Waals surface area (Å²) in [4.78, 5) is 24.2. The van der Waals surface area contributed by atoms with E-state index < -0.39 is 0 Å². The van der Waals surface area contributed by atoms with Crippen molar-refractivity contribution in [3.05, 3.63) is 65.5 Å². The van der Waals surface area contributed by atoms with Gasteiger partial charge in [0.05, 0.1) is 0 Å². The van der Waals surface area contributed by atoms with Crippen molar-refractivity contribution < 1.29 is 9.53 Å². The van der Waals surface area contributed by atoms with Gasteiger partial charge in [0.1, 0.15) is 12.4 Å². The highest BCUT2D eigenvalue weighted by Crippen LogP contribution is 2.19. The Morgan fingerprint density at radius 2 is 1.81 bits per heavy atom. The molecule has 3 aromatic rings. The van der Waals surface area contributed by atoms with Gasteiger partial charge in [-0.3, -0.25) is 4.79 Å². The fourth-order valence-corrected chi connectivity index (χ4v) is 2.48. The summed E-state index contributed by atoms with van der Waals surface area (Å²) in [5, 5.41) is 3.14. The Kier molecular flexibility index (Phi) is 5.61. The molecular weight excluding hydrogens is 342 g/mol. The topological polar surface area (TPSA) is 103 Å². The Balaban J connectivity index is 1.69. The highest BCUT2D eigenvalue weighted by Gasteiger charge is 2.08. The second-order valence-corrected chi connectivity index (χ2v) is 5.96. The molecule has 0 aliphatic rings. The number of nitrogens with zero attached hydrogens (tertiary/aromatic N) is 3. The van der Waals surface area contributed by atoms with E-state index >= 15 is 0 Å². The van der Waals surface area contributed by atoms with Gasteiger partial charge < -0.3 is 15.8 Å². The van der Waals surface area contributed by atoms with Gasteiger partial charge >= 0.3 is 0 Å². The number of aryl methyl sites for hydroxylation is 1. The standard InChI is InChI=1S/C20H21N5O2/c1-3-17(26)14-8-10-15(11-9-14)27-12-18-23-19(21)25-20(24-18)22-16-7-5-4-6-13(16)2/h4-11H,3,12H2,1-2H3,(H3,21,22,23,24,25). The zero-order valence-electron chi connectivity index (χ0n) is 15.3. The van der Waals surface area contributed by atoms with Crippen LogP contribution in [0.5, 0.6) is 5.75 Å². The number of aromatic nitrogens is 3. The van der Waals surface area contributed by atoms with E-state index in [0.29, 0.717) is 29.5 Å². The number of hydrogen-bond acceptors (Lipinski definition) is 7. The number of carbonyl (C=O) groups excluding carboxylic acids is 1. The van der Waals surface area contributed by atoms with Gasteiger partial charge in [-0.2, -0.15) is 15.0 Å². The Bertz CT molecular complexity index is 941. The molecule has 3 rings (SSSR count). The molecule has 7 nitrogen and oxygen atoms in total. The molecule has 0 spiro atoms. The van der Waals surface area contributed by atoms with Crippen molar-refractivity contribution in [1.29, 1.82) is 0 Å². The number of nitrogens with one attached hydrogen (secondary N) is 1. The van der Waals surface area contributed by atoms with Crippen LogP contribution >= 0.6 is 0 Å². The second-order valence-electron chi connectivity index (χ2n) is 5.96. The highest BCUT2D eigenvalue weighted by atomic mass is 16.5. The number of benzene rings is 2. The first-order chi connectivity index (χ1) is 13.0. The number of ketones is 1. The molecule has 138 valence electrons. The van der Waals surface area contributed by atoms with Crippen molar-refractivity contribution in [2.45, 2.75) is 26.9 Å². The summed E-state index contributed by atoms with van der Waals surface area (Å²) in [6, 6.07) is 14.8. The van der Waals surface area contributed by atoms with Crippen molar-refractivity contribution in [2.75, 3.05) is 11.1 Å². The molecule has 0 saturated carbocycles. The van der Waals surface area contributed by atoms with Gasteiger partial charge in [-0.15, -0.1) is 0 Å². The first-order valence-corrected chi connectivity index (χ1v) is 8.64. The van der Waals surface area contributed by atoms with Crippen LogP contribution in [0.1, 0.15) is 35.1 Å². The van der Waals surface area contributed by atoms with Gasteiger partial charge in [-0.1, -0.05) is 25.1 Å². The van der Waals surface area contributed by atoms with Crippen molar-refractivity contribution >= 4 is 23.4 Å². The monoisotopic (exact) mass is 363 g/mol. The number of rotatable bonds is 7. The average Bonchev–Trinajstić information content (AvgIpc) is 2.67. The molecule has 1 heterocycles. The summed E-state index contributed by atoms with van der Waals surface area (Å²) < 4.78 is 5.70. The van der Waals surface area contributed by atoms with Crippen LogP contribution in [0.4, 0.5) is 17.6 Å². The molecule has 7 heteroatoms. The third-order valence-corrected chi connectivity index (χ3v) is 3.96. The molecular formula is C20H21N5O2. The van der Waals surface area contributed by atoms with Crippen LogP contribution in [-0.2, 0) is 6.61 Å². The summed E-state index contributed by atoms with van der Waals surface area (Å²) in [7, 11) is 0. The molecule has 27 heavy (non-hydrogen) atoms. The molecule has 0 aliphatic heterocycles. The smallest absolute Gasteiger partial charge is 0.232 e. The number of para-hydroxylation sites is 1. The molecule has 0 atom stereocenters. The number of nitrogen functional groups attached to an aromatic ring is 1. The zero-order chi connectivity index (χ0) is 19.2. The van der Waals surface area contributed by atoms with E-state index in [1.165, 1.54) is 0 Å². The van der Waals surface area contributed by atoms with Crippen molar-refractivity contribution in [3.8, 4) is 5.75 Å². The minimum absolute atomic E-state index is 0.0960. The number of nitrogens with two attached hydrogens (primary N) is 1. The van der Waals surface area contributed by atoms with E-state index in [4.69, 9.17) is 10.5 Å². The van der Waals surface area contributed by atoms with Crippen molar-refractivity contribution in [3.63, 3.8) is 0 Å². The van der Waals surface area contributed by atoms with E-state index in [-0.39, 0.29) is 18.3 Å². The van der Waals surface area contributed by atoms with E-state index in [1.807, 2.05) is 38.1 Å². The van der Waals surface area contributed by atoms with Crippen LogP contribution in [0.3, 0.4) is 0 Å². The number of Topliss-reactive ketones (excluding diaryl/α,β-unsaturated/α-hetero) is 1. The summed E-state index contributed by atoms with van der Waals surface area (Å²) in [6.45, 7) is 3.96. The number of anilines is 3. The lowest BCUT2D eigenvalue weighted by Gasteiger charge is -2.10. The van der Waals surface area contributed by atoms with Crippen LogP contribution in [0.2, 0.25) is 0 Å². The summed E-state index contributed by atoms with van der Waals surface area (Å²) >= 11 is 0. The minimum Gasteiger partial charge on any atom is -0.486 e. The Morgan fingerprint density at radius 1 is 1.07 bits per heavy atom. The van der Waals surface area contributed by atoms with Gasteiger partial charge in [0.15, 0.2) is 11.6 Å². The van der Waals surface area contributed by atoms with E-state index in [2.05, 4.69) is 20.3 Å². The van der Waals surface area contributed by atoms with Crippen molar-refractivity contribution in [2.24, 2.45) is 0 Å². The van der Waals surface area contributed by atoms with E-state index in [1.54, 1.807) is 24.3 Å². The molecule has 0 bridgehead atoms. The quantitative estimate of drug-likeness (QED) is 0.617. The predicted molar refractivity (Wildman–Crippen MR) is 104 cm³/mol. The second kappa shape index (κ2) is 8.27. The predicted octanol–water partition coefficient (Wildman–Crippen LogP) is 3.68. The lowest BCUT2D eigenvalue weighted by atomic mass is 10.1. The van der Waals surface area contributed by atoms with Crippen LogP contribution in [0, 0.1) is 6.92 Å². The van der Waals surface area contributed by atoms with Gasteiger partial charge in [0.25, 0.3) is 0 Å². The van der Waals surface area contributed by atoms with Crippen LogP contribution in [0.25, 0.3) is 0 Å². The summed E-state index contributed by atoms with van der Waals surface area (Å²) in [5.74, 6) is 1.60. The van der Waals surface area contributed by atoms with Gasteiger partial charge in [-0.05, 0) is 42.8 Å². The molecule has 2 aromatic carbocycles. The normalized spacial score (nSPS) is 10.4. The third kappa shape index (κ3) is 4.78. The summed E-state index contributed by atoms with van der Waals surface area (Å²) in [5.41, 5.74) is 8.42. The Morgan fingerprint density at radius 3 is 2.52 bits per heavy atom. The average molecular weight is 363 g/mol. The van der Waals surface area contributed by atoms with Crippen LogP contribution in [0.15, 0.2) is 48.5 Å².